The van der Waals surface area contributed by atoms with Crippen LogP contribution in [0.2, 0.25) is 0 Å². The Hall–Kier alpha value is -5.93. The maximum absolute atomic E-state index is 16.9. The van der Waals surface area contributed by atoms with Crippen molar-refractivity contribution in [1.82, 2.24) is 19.5 Å². The van der Waals surface area contributed by atoms with Gasteiger partial charge in [0.2, 0.25) is 11.9 Å². The van der Waals surface area contributed by atoms with Crippen LogP contribution in [0, 0.1) is 5.92 Å². The maximum atomic E-state index is 16.9. The lowest BCUT2D eigenvalue weighted by Gasteiger charge is -2.33. The largest absolute Gasteiger partial charge is 0.497 e. The molecule has 3 N–H and O–H groups in total. The molecule has 6 atom stereocenters. The van der Waals surface area contributed by atoms with Crippen molar-refractivity contribution < 1.29 is 38.0 Å². The number of carbonyl (C=O) groups is 1. The number of nitrogens with zero attached hydrogens (tertiary/aromatic N) is 3. The molecule has 1 fully saturated rings. The van der Waals surface area contributed by atoms with Crippen LogP contribution in [0.3, 0.4) is 0 Å². The van der Waals surface area contributed by atoms with Gasteiger partial charge in [-0.05, 0) is 46.5 Å². The van der Waals surface area contributed by atoms with Crippen molar-refractivity contribution in [2.24, 2.45) is 5.92 Å². The maximum Gasteiger partial charge on any atom is 0.280 e. The van der Waals surface area contributed by atoms with Crippen LogP contribution in [0.15, 0.2) is 120 Å². The summed E-state index contributed by atoms with van der Waals surface area (Å²) in [6.07, 6.45) is -8.63. The fraction of sp³-hybridized carbons (Fsp3) is 0.286. The van der Waals surface area contributed by atoms with Crippen LogP contribution >= 0.6 is 0 Å². The number of methoxy groups -OCH3 is 2. The first kappa shape index (κ1) is 38.3. The Morgan fingerprint density at radius 1 is 0.821 bits per heavy atom. The lowest BCUT2D eigenvalue weighted by atomic mass is 10.00. The smallest absolute Gasteiger partial charge is 0.280 e. The minimum atomic E-state index is -2.07. The Bertz CT molecular complexity index is 2190. The molecule has 0 spiro atoms. The van der Waals surface area contributed by atoms with E-state index in [0.29, 0.717) is 11.5 Å². The number of alkyl halides is 1. The molecule has 1 saturated heterocycles. The number of benzene rings is 4. The quantitative estimate of drug-likeness (QED) is 0.108. The molecule has 56 heavy (non-hydrogen) atoms. The van der Waals surface area contributed by atoms with E-state index in [4.69, 9.17) is 23.7 Å². The van der Waals surface area contributed by atoms with Crippen LogP contribution in [-0.4, -0.2) is 69.4 Å². The van der Waals surface area contributed by atoms with E-state index >= 15 is 4.39 Å². The Balaban J connectivity index is 1.31. The van der Waals surface area contributed by atoms with Crippen LogP contribution in [0.5, 0.6) is 11.5 Å². The number of halogens is 1. The van der Waals surface area contributed by atoms with Gasteiger partial charge in [-0.3, -0.25) is 24.5 Å². The fourth-order valence-corrected chi connectivity index (χ4v) is 6.51. The van der Waals surface area contributed by atoms with Crippen molar-refractivity contribution in [2.75, 3.05) is 19.5 Å². The number of hydrogen-bond donors (Lipinski definition) is 3. The third-order valence-electron chi connectivity index (χ3n) is 9.55. The van der Waals surface area contributed by atoms with Crippen molar-refractivity contribution in [3.63, 3.8) is 0 Å². The number of aliphatic hydroxyl groups is 1. The van der Waals surface area contributed by atoms with E-state index in [1.54, 1.807) is 52.3 Å². The molecule has 2 aromatic heterocycles. The molecule has 6 aromatic rings. The summed E-state index contributed by atoms with van der Waals surface area (Å²) in [5.74, 6) is 0.354. The van der Waals surface area contributed by atoms with Crippen LogP contribution in [-0.2, 0) is 19.0 Å². The molecule has 0 aliphatic carbocycles. The van der Waals surface area contributed by atoms with Crippen molar-refractivity contribution in [2.45, 2.75) is 57.0 Å². The number of ether oxygens (including phenoxy) is 5. The lowest BCUT2D eigenvalue weighted by molar-refractivity contribution is -0.243. The number of aromatic amines is 1. The van der Waals surface area contributed by atoms with Crippen LogP contribution in [0.1, 0.15) is 54.5 Å². The number of fused-ring (bicyclic) bond motifs is 1. The molecule has 1 aliphatic heterocycles. The highest BCUT2D eigenvalue weighted by atomic mass is 19.1. The summed E-state index contributed by atoms with van der Waals surface area (Å²) < 4.78 is 49.1. The topological polar surface area (TPSA) is 159 Å². The van der Waals surface area contributed by atoms with Crippen molar-refractivity contribution in [3.05, 3.63) is 148 Å². The summed E-state index contributed by atoms with van der Waals surface area (Å²) in [5, 5.41) is 14.1. The summed E-state index contributed by atoms with van der Waals surface area (Å²) in [5.41, 5.74) is 2.15. The summed E-state index contributed by atoms with van der Waals surface area (Å²) in [6, 6.07) is 33.4. The second-order valence-corrected chi connectivity index (χ2v) is 13.6. The van der Waals surface area contributed by atoms with Gasteiger partial charge >= 0.3 is 0 Å². The molecule has 7 rings (SSSR count). The van der Waals surface area contributed by atoms with E-state index in [-0.39, 0.29) is 23.0 Å². The minimum absolute atomic E-state index is 0.0381. The highest BCUT2D eigenvalue weighted by molar-refractivity contribution is 5.91. The summed E-state index contributed by atoms with van der Waals surface area (Å²) in [6.45, 7) is 3.38. The standard InChI is InChI=1S/C42H42FN5O8/c1-24(2)38(50)46-42-45-37-32(39(51)47-42)44-23-48(37)40-33(49)31(43)36(54-40)41(55-34(25-11-7-5-8-12-25)27-15-19-29(52-3)20-16-27)56-35(26-13-9-6-10-14-26)28-17-21-30(53-4)22-18-28/h5-24,31,33-36,40-41,49H,1-4H3,(H2,45,46,47,50,51)/t31-,33+,34?,35?,36-,40+,41?/m0/s1. The predicted molar refractivity (Wildman–Crippen MR) is 205 cm³/mol. The van der Waals surface area contributed by atoms with E-state index in [2.05, 4.69) is 20.3 Å². The number of rotatable bonds is 14. The van der Waals surface area contributed by atoms with Crippen molar-refractivity contribution in [3.8, 4) is 11.5 Å². The molecule has 2 unspecified atom stereocenters. The van der Waals surface area contributed by atoms with Gasteiger partial charge in [-0.1, -0.05) is 98.8 Å². The molecule has 290 valence electrons. The van der Waals surface area contributed by atoms with E-state index < -0.39 is 54.6 Å². The Kier molecular flexibility index (Phi) is 11.5. The fourth-order valence-electron chi connectivity index (χ4n) is 6.51. The van der Waals surface area contributed by atoms with Gasteiger partial charge in [-0.25, -0.2) is 9.37 Å². The normalized spacial score (nSPS) is 19.8. The van der Waals surface area contributed by atoms with Crippen LogP contribution in [0.4, 0.5) is 10.3 Å². The number of aromatic nitrogens is 4. The number of nitrogens with one attached hydrogen (secondary N) is 2. The number of carbonyl (C=O) groups excluding carboxylic acids is 1. The molecule has 13 nitrogen and oxygen atoms in total. The van der Waals surface area contributed by atoms with Gasteiger partial charge in [0.05, 0.1) is 20.5 Å². The first-order valence-corrected chi connectivity index (χ1v) is 18.1. The van der Waals surface area contributed by atoms with E-state index in [9.17, 15) is 14.7 Å². The van der Waals surface area contributed by atoms with Gasteiger partial charge in [0.15, 0.2) is 29.9 Å². The summed E-state index contributed by atoms with van der Waals surface area (Å²) in [4.78, 5) is 36.5. The minimum Gasteiger partial charge on any atom is -0.497 e. The van der Waals surface area contributed by atoms with Gasteiger partial charge in [-0.2, -0.15) is 4.98 Å². The molecule has 0 radical (unpaired) electrons. The highest BCUT2D eigenvalue weighted by Crippen LogP contribution is 2.41. The number of amides is 1. The van der Waals surface area contributed by atoms with Gasteiger partial charge in [0.25, 0.3) is 5.56 Å². The van der Waals surface area contributed by atoms with Crippen LogP contribution < -0.4 is 20.3 Å². The Labute approximate surface area is 322 Å². The highest BCUT2D eigenvalue weighted by Gasteiger charge is 2.51. The van der Waals surface area contributed by atoms with E-state index in [0.717, 1.165) is 22.3 Å². The molecule has 0 bridgehead atoms. The van der Waals surface area contributed by atoms with E-state index in [1.165, 1.54) is 10.9 Å². The first-order chi connectivity index (χ1) is 27.1. The second kappa shape index (κ2) is 16.8. The predicted octanol–water partition coefficient (Wildman–Crippen LogP) is 6.27. The molecule has 0 saturated carbocycles. The van der Waals surface area contributed by atoms with Crippen LogP contribution in [0.25, 0.3) is 11.2 Å². The lowest BCUT2D eigenvalue weighted by Crippen LogP contribution is -2.41. The second-order valence-electron chi connectivity index (χ2n) is 13.6. The zero-order chi connectivity index (χ0) is 39.3. The zero-order valence-electron chi connectivity index (χ0n) is 31.1. The van der Waals surface area contributed by atoms with Gasteiger partial charge < -0.3 is 28.8 Å². The average molecular weight is 764 g/mol. The molecule has 4 aromatic carbocycles. The third-order valence-corrected chi connectivity index (χ3v) is 9.55. The van der Waals surface area contributed by atoms with Crippen molar-refractivity contribution in [1.29, 1.82) is 0 Å². The number of hydrogen-bond acceptors (Lipinski definition) is 10. The molecule has 1 amide bonds. The monoisotopic (exact) mass is 763 g/mol. The number of H-pyrrole nitrogens is 1. The Morgan fingerprint density at radius 3 is 1.80 bits per heavy atom. The van der Waals surface area contributed by atoms with Crippen molar-refractivity contribution >= 4 is 23.0 Å². The molecule has 3 heterocycles. The number of anilines is 1. The Morgan fingerprint density at radius 2 is 1.32 bits per heavy atom. The SMILES string of the molecule is COc1ccc(C(OC(OC(c2ccccc2)c2ccc(OC)cc2)[C@H]2O[C@@H](n3cnc4c(=O)[nH]c(NC(=O)C(C)C)nc43)[C@H](O)[C@@H]2F)c2ccccc2)cc1. The van der Waals surface area contributed by atoms with Gasteiger partial charge in [-0.15, -0.1) is 0 Å². The number of aliphatic hydroxyl groups excluding tert-OH is 1. The van der Waals surface area contributed by atoms with E-state index in [1.807, 2.05) is 84.9 Å². The molecule has 14 heteroatoms. The zero-order valence-corrected chi connectivity index (χ0v) is 31.1. The summed E-state index contributed by atoms with van der Waals surface area (Å²) >= 11 is 0. The molecular weight excluding hydrogens is 721 g/mol. The first-order valence-electron chi connectivity index (χ1n) is 18.1. The number of imidazole rings is 1. The molecule has 1 aliphatic rings. The van der Waals surface area contributed by atoms with Gasteiger partial charge in [0, 0.05) is 5.92 Å². The third kappa shape index (κ3) is 8.04. The summed E-state index contributed by atoms with van der Waals surface area (Å²) in [7, 11) is 3.15. The van der Waals surface area contributed by atoms with Gasteiger partial charge in [0.1, 0.15) is 35.9 Å². The molecular formula is C42H42FN5O8. The average Bonchev–Trinajstić information content (AvgIpc) is 3.78.